The minimum atomic E-state index is -1.19. The highest BCUT2D eigenvalue weighted by atomic mass is 35.5. The van der Waals surface area contributed by atoms with E-state index in [1.54, 1.807) is 6.07 Å². The number of hydrogen-bond donors (Lipinski definition) is 3. The lowest BCUT2D eigenvalue weighted by molar-refractivity contribution is -0.132. The molecule has 2 aromatic rings. The molecule has 4 rings (SSSR count). The molecule has 3 unspecified atom stereocenters. The molecule has 34 heavy (non-hydrogen) atoms. The molecular formula is C26H29ClFNO5. The first-order chi connectivity index (χ1) is 15.9. The fourth-order valence-corrected chi connectivity index (χ4v) is 6.33. The fourth-order valence-electron chi connectivity index (χ4n) is 6.11. The smallest absolute Gasteiger partial charge is 0.339 e. The highest BCUT2D eigenvalue weighted by Gasteiger charge is 2.62. The zero-order valence-electron chi connectivity index (χ0n) is 19.7. The van der Waals surface area contributed by atoms with E-state index in [1.807, 2.05) is 0 Å². The van der Waals surface area contributed by atoms with Gasteiger partial charge in [0, 0.05) is 30.3 Å². The second-order valence-corrected chi connectivity index (χ2v) is 10.6. The second-order valence-electron chi connectivity index (χ2n) is 10.2. The summed E-state index contributed by atoms with van der Waals surface area (Å²) in [5, 5.41) is 23.2. The van der Waals surface area contributed by atoms with Crippen molar-refractivity contribution in [1.82, 2.24) is 0 Å². The third-order valence-electron chi connectivity index (χ3n) is 8.39. The number of aromatic carboxylic acids is 1. The summed E-state index contributed by atoms with van der Waals surface area (Å²) in [6, 6.07) is 5.26. The number of fused-ring (bicyclic) bond motifs is 2. The summed E-state index contributed by atoms with van der Waals surface area (Å²) in [5.41, 5.74) is 1.27. The molecule has 2 aliphatic rings. The molecular weight excluding hydrogens is 461 g/mol. The summed E-state index contributed by atoms with van der Waals surface area (Å²) in [6.45, 7) is 8.00. The van der Waals surface area contributed by atoms with Gasteiger partial charge in [0.25, 0.3) is 0 Å². The van der Waals surface area contributed by atoms with Gasteiger partial charge < -0.3 is 20.3 Å². The maximum absolute atomic E-state index is 13.9. The zero-order chi connectivity index (χ0) is 25.0. The predicted octanol–water partition coefficient (Wildman–Crippen LogP) is 6.35. The van der Waals surface area contributed by atoms with E-state index in [4.69, 9.17) is 16.3 Å². The molecule has 2 aromatic carbocycles. The number of carbonyl (C=O) groups is 2. The van der Waals surface area contributed by atoms with Gasteiger partial charge in [-0.1, -0.05) is 32.4 Å². The van der Waals surface area contributed by atoms with Gasteiger partial charge in [0.05, 0.1) is 5.02 Å². The van der Waals surface area contributed by atoms with Gasteiger partial charge in [-0.15, -0.1) is 0 Å². The third kappa shape index (κ3) is 3.80. The number of carboxylic acid groups (broad SMARTS) is 1. The van der Waals surface area contributed by atoms with Crippen LogP contribution in [0.2, 0.25) is 5.02 Å². The van der Waals surface area contributed by atoms with Crippen LogP contribution in [0.3, 0.4) is 0 Å². The molecule has 0 radical (unpaired) electrons. The molecule has 3 atom stereocenters. The quantitative estimate of drug-likeness (QED) is 0.323. The number of benzene rings is 2. The van der Waals surface area contributed by atoms with Crippen molar-refractivity contribution >= 4 is 29.2 Å². The molecule has 0 aromatic heterocycles. The molecule has 0 heterocycles. The molecule has 6 nitrogen and oxygen atoms in total. The van der Waals surface area contributed by atoms with Gasteiger partial charge in [-0.2, -0.15) is 0 Å². The van der Waals surface area contributed by atoms with Crippen LogP contribution in [0, 0.1) is 22.6 Å². The van der Waals surface area contributed by atoms with Crippen molar-refractivity contribution in [2.24, 2.45) is 16.7 Å². The van der Waals surface area contributed by atoms with Crippen LogP contribution >= 0.6 is 11.6 Å². The number of phenolic OH excluding ortho intramolecular Hbond substituents is 1. The van der Waals surface area contributed by atoms with E-state index in [2.05, 4.69) is 26.1 Å². The molecule has 0 aliphatic heterocycles. The highest BCUT2D eigenvalue weighted by Crippen LogP contribution is 2.72. The molecule has 0 amide bonds. The Labute approximate surface area is 203 Å². The minimum Gasteiger partial charge on any atom is -0.506 e. The summed E-state index contributed by atoms with van der Waals surface area (Å²) in [7, 11) is 0. The summed E-state index contributed by atoms with van der Waals surface area (Å²) >= 11 is 5.93. The lowest BCUT2D eigenvalue weighted by atomic mass is 9.64. The number of anilines is 1. The van der Waals surface area contributed by atoms with Crippen molar-refractivity contribution in [3.8, 4) is 11.5 Å². The molecule has 3 N–H and O–H groups in total. The first kappa shape index (κ1) is 24.3. The van der Waals surface area contributed by atoms with Crippen molar-refractivity contribution < 1.29 is 28.9 Å². The topological polar surface area (TPSA) is 95.9 Å². The molecule has 2 saturated carbocycles. The number of esters is 1. The van der Waals surface area contributed by atoms with Gasteiger partial charge in [0.1, 0.15) is 17.1 Å². The largest absolute Gasteiger partial charge is 0.506 e. The van der Waals surface area contributed by atoms with Gasteiger partial charge in [0.2, 0.25) is 0 Å². The maximum atomic E-state index is 13.9. The van der Waals surface area contributed by atoms with Crippen LogP contribution in [0.5, 0.6) is 11.5 Å². The van der Waals surface area contributed by atoms with Crippen LogP contribution in [-0.2, 0) is 11.3 Å². The van der Waals surface area contributed by atoms with Gasteiger partial charge in [-0.25, -0.2) is 9.18 Å². The summed E-state index contributed by atoms with van der Waals surface area (Å²) < 4.78 is 19.4. The number of aromatic hydroxyl groups is 1. The van der Waals surface area contributed by atoms with E-state index in [9.17, 15) is 24.2 Å². The molecule has 0 spiro atoms. The Morgan fingerprint density at radius 2 is 1.97 bits per heavy atom. The molecule has 2 fully saturated rings. The summed E-state index contributed by atoms with van der Waals surface area (Å²) in [4.78, 5) is 24.1. The number of nitrogens with one attached hydrogen (secondary N) is 1. The SMILES string of the molecule is CC(=O)Oc1c(C(=O)O)ccc(NCc2cc(F)cc(Cl)c2O)c1C1CC2CCC1(C)C2(C)C. The Balaban J connectivity index is 1.84. The Morgan fingerprint density at radius 1 is 1.26 bits per heavy atom. The van der Waals surface area contributed by atoms with Gasteiger partial charge in [-0.05, 0) is 66.2 Å². The second kappa shape index (κ2) is 8.45. The van der Waals surface area contributed by atoms with Gasteiger partial charge >= 0.3 is 11.9 Å². The number of ether oxygens (including phenoxy) is 1. The summed E-state index contributed by atoms with van der Waals surface area (Å²) in [6.07, 6.45) is 2.92. The lowest BCUT2D eigenvalue weighted by Crippen LogP contribution is -2.32. The first-order valence-electron chi connectivity index (χ1n) is 11.4. The Bertz CT molecular complexity index is 1180. The Kier molecular flexibility index (Phi) is 6.05. The Hall–Kier alpha value is -2.80. The van der Waals surface area contributed by atoms with Crippen LogP contribution in [0.4, 0.5) is 10.1 Å². The van der Waals surface area contributed by atoms with E-state index in [0.29, 0.717) is 17.2 Å². The van der Waals surface area contributed by atoms with Gasteiger partial charge in [0.15, 0.2) is 5.75 Å². The molecule has 0 saturated heterocycles. The van der Waals surface area contributed by atoms with E-state index in [1.165, 1.54) is 19.1 Å². The molecule has 8 heteroatoms. The molecule has 182 valence electrons. The highest BCUT2D eigenvalue weighted by molar-refractivity contribution is 6.32. The van der Waals surface area contributed by atoms with Gasteiger partial charge in [-0.3, -0.25) is 4.79 Å². The van der Waals surface area contributed by atoms with Crippen LogP contribution < -0.4 is 10.1 Å². The van der Waals surface area contributed by atoms with Crippen molar-refractivity contribution in [2.75, 3.05) is 5.32 Å². The molecule has 2 aliphatic carbocycles. The number of phenols is 1. The average molecular weight is 490 g/mol. The lowest BCUT2D eigenvalue weighted by Gasteiger charge is -2.40. The maximum Gasteiger partial charge on any atom is 0.339 e. The number of hydrogen-bond acceptors (Lipinski definition) is 5. The average Bonchev–Trinajstić information content (AvgIpc) is 3.08. The van der Waals surface area contributed by atoms with E-state index in [-0.39, 0.29) is 50.9 Å². The van der Waals surface area contributed by atoms with Crippen molar-refractivity contribution in [2.45, 2.75) is 59.4 Å². The number of carbonyl (C=O) groups excluding carboxylic acids is 1. The minimum absolute atomic E-state index is 0.0238. The third-order valence-corrected chi connectivity index (χ3v) is 8.68. The first-order valence-corrected chi connectivity index (χ1v) is 11.7. The molecule has 2 bridgehead atoms. The predicted molar refractivity (Wildman–Crippen MR) is 127 cm³/mol. The van der Waals surface area contributed by atoms with Crippen LogP contribution in [-0.4, -0.2) is 22.2 Å². The standard InChI is InChI=1S/C26H29ClFNO5/c1-13(30)34-23-17(24(32)33)5-6-20(29-12-14-9-16(28)11-19(27)22(14)31)21(23)18-10-15-7-8-26(18,4)25(15,2)3/h5-6,9,11,15,18,29,31H,7-8,10,12H2,1-4H3,(H,32,33). The van der Waals surface area contributed by atoms with Crippen molar-refractivity contribution in [1.29, 1.82) is 0 Å². The van der Waals surface area contributed by atoms with Crippen molar-refractivity contribution in [3.05, 3.63) is 51.8 Å². The monoisotopic (exact) mass is 489 g/mol. The van der Waals surface area contributed by atoms with E-state index in [0.717, 1.165) is 25.3 Å². The zero-order valence-corrected chi connectivity index (χ0v) is 20.4. The number of halogens is 2. The van der Waals surface area contributed by atoms with Crippen LogP contribution in [0.15, 0.2) is 24.3 Å². The van der Waals surface area contributed by atoms with Crippen molar-refractivity contribution in [3.63, 3.8) is 0 Å². The summed E-state index contributed by atoms with van der Waals surface area (Å²) in [5.74, 6) is -2.16. The normalized spacial score (nSPS) is 24.8. The fraction of sp³-hybridized carbons (Fsp3) is 0.462. The van der Waals surface area contributed by atoms with Crippen LogP contribution in [0.25, 0.3) is 0 Å². The number of carboxylic acids is 1. The van der Waals surface area contributed by atoms with E-state index < -0.39 is 17.8 Å². The van der Waals surface area contributed by atoms with E-state index >= 15 is 0 Å². The number of rotatable bonds is 6. The van der Waals surface area contributed by atoms with Crippen LogP contribution in [0.1, 0.15) is 74.4 Å². The Morgan fingerprint density at radius 3 is 2.53 bits per heavy atom.